The monoisotopic (exact) mass is 386 g/mol. The Bertz CT molecular complexity index is 629. The van der Waals surface area contributed by atoms with Crippen LogP contribution in [0.5, 0.6) is 0 Å². The van der Waals surface area contributed by atoms with Crippen molar-refractivity contribution in [3.63, 3.8) is 0 Å². The minimum atomic E-state index is -1.08. The number of amides is 3. The van der Waals surface area contributed by atoms with Crippen LogP contribution in [0.25, 0.3) is 0 Å². The van der Waals surface area contributed by atoms with Crippen LogP contribution in [0, 0.1) is 0 Å². The molecular formula is C17H23ClN2O4S. The molecule has 8 heteroatoms. The maximum absolute atomic E-state index is 12.1. The minimum absolute atomic E-state index is 0.478. The fourth-order valence-corrected chi connectivity index (χ4v) is 2.65. The van der Waals surface area contributed by atoms with E-state index in [1.165, 1.54) is 18.7 Å². The molecule has 0 heterocycles. The van der Waals surface area contributed by atoms with E-state index in [-0.39, 0.29) is 0 Å². The summed E-state index contributed by atoms with van der Waals surface area (Å²) in [6.07, 6.45) is -1.08. The van der Waals surface area contributed by atoms with Crippen LogP contribution < -0.4 is 10.6 Å². The van der Waals surface area contributed by atoms with Gasteiger partial charge < -0.3 is 10.1 Å². The van der Waals surface area contributed by atoms with Gasteiger partial charge in [-0.25, -0.2) is 4.79 Å². The molecule has 0 radical (unpaired) electrons. The molecule has 0 aliphatic rings. The van der Waals surface area contributed by atoms with Crippen LogP contribution >= 0.6 is 23.4 Å². The Morgan fingerprint density at radius 3 is 2.20 bits per heavy atom. The van der Waals surface area contributed by atoms with E-state index >= 15 is 0 Å². The highest BCUT2D eigenvalue weighted by atomic mass is 35.5. The summed E-state index contributed by atoms with van der Waals surface area (Å²) in [5, 5.41) is 4.84. The molecule has 0 aromatic heterocycles. The molecule has 1 aromatic carbocycles. The number of rotatable bonds is 5. The van der Waals surface area contributed by atoms with Gasteiger partial charge in [0.25, 0.3) is 5.91 Å². The van der Waals surface area contributed by atoms with Crippen molar-refractivity contribution in [3.8, 4) is 0 Å². The Hall–Kier alpha value is -1.73. The van der Waals surface area contributed by atoms with Crippen molar-refractivity contribution < 1.29 is 19.1 Å². The average molecular weight is 387 g/mol. The minimum Gasteiger partial charge on any atom is -0.452 e. The first-order chi connectivity index (χ1) is 11.5. The highest BCUT2D eigenvalue weighted by Gasteiger charge is 2.25. The van der Waals surface area contributed by atoms with Crippen LogP contribution in [0.1, 0.15) is 34.6 Å². The lowest BCUT2D eigenvalue weighted by molar-refractivity contribution is -0.153. The smallest absolute Gasteiger partial charge is 0.321 e. The molecule has 1 rings (SSSR count). The van der Waals surface area contributed by atoms with Crippen molar-refractivity contribution in [2.45, 2.75) is 56.4 Å². The summed E-state index contributed by atoms with van der Waals surface area (Å²) in [5.74, 6) is -1.22. The van der Waals surface area contributed by atoms with Crippen molar-refractivity contribution in [3.05, 3.63) is 29.3 Å². The van der Waals surface area contributed by atoms with Gasteiger partial charge >= 0.3 is 12.0 Å². The average Bonchev–Trinajstić information content (AvgIpc) is 2.47. The fraction of sp³-hybridized carbons (Fsp3) is 0.471. The summed E-state index contributed by atoms with van der Waals surface area (Å²) in [7, 11) is 0. The molecule has 138 valence electrons. The fourth-order valence-electron chi connectivity index (χ4n) is 1.67. The number of hydrogen-bond acceptors (Lipinski definition) is 5. The van der Waals surface area contributed by atoms with Gasteiger partial charge in [0, 0.05) is 15.5 Å². The van der Waals surface area contributed by atoms with Gasteiger partial charge in [0.15, 0.2) is 6.10 Å². The van der Waals surface area contributed by atoms with Gasteiger partial charge in [-0.15, -0.1) is 11.8 Å². The number of thioether (sulfide) groups is 1. The van der Waals surface area contributed by atoms with E-state index < -0.39 is 34.8 Å². The number of ether oxygens (including phenoxy) is 1. The van der Waals surface area contributed by atoms with Crippen molar-refractivity contribution in [1.29, 1.82) is 0 Å². The molecule has 0 unspecified atom stereocenters. The van der Waals surface area contributed by atoms with Crippen LogP contribution in [0.2, 0.25) is 5.02 Å². The summed E-state index contributed by atoms with van der Waals surface area (Å²) in [6, 6.07) is 6.41. The van der Waals surface area contributed by atoms with Crippen LogP contribution in [0.3, 0.4) is 0 Å². The summed E-state index contributed by atoms with van der Waals surface area (Å²) >= 11 is 7.11. The number of benzene rings is 1. The Morgan fingerprint density at radius 2 is 1.68 bits per heavy atom. The topological polar surface area (TPSA) is 84.5 Å². The molecule has 2 atom stereocenters. The molecule has 0 aliphatic carbocycles. The lowest BCUT2D eigenvalue weighted by Crippen LogP contribution is -2.50. The summed E-state index contributed by atoms with van der Waals surface area (Å²) in [5.41, 5.74) is -0.478. The third kappa shape index (κ3) is 8.27. The van der Waals surface area contributed by atoms with E-state index in [0.717, 1.165) is 4.90 Å². The summed E-state index contributed by atoms with van der Waals surface area (Å²) in [4.78, 5) is 36.5. The number of halogens is 1. The van der Waals surface area contributed by atoms with E-state index in [2.05, 4.69) is 10.6 Å². The molecule has 0 aliphatic heterocycles. The number of carbonyl (C=O) groups is 3. The van der Waals surface area contributed by atoms with Gasteiger partial charge in [-0.05, 0) is 58.9 Å². The predicted molar refractivity (Wildman–Crippen MR) is 98.8 cm³/mol. The largest absolute Gasteiger partial charge is 0.452 e. The molecule has 0 spiro atoms. The maximum atomic E-state index is 12.1. The van der Waals surface area contributed by atoms with Crippen LogP contribution in [0.15, 0.2) is 29.2 Å². The zero-order valence-corrected chi connectivity index (χ0v) is 16.5. The number of urea groups is 1. The lowest BCUT2D eigenvalue weighted by Gasteiger charge is -2.21. The molecular weight excluding hydrogens is 364 g/mol. The van der Waals surface area contributed by atoms with E-state index in [4.69, 9.17) is 16.3 Å². The summed E-state index contributed by atoms with van der Waals surface area (Å²) < 4.78 is 5.12. The van der Waals surface area contributed by atoms with Crippen molar-refractivity contribution in [2.75, 3.05) is 0 Å². The first kappa shape index (κ1) is 21.3. The third-order valence-electron chi connectivity index (χ3n) is 2.85. The van der Waals surface area contributed by atoms with Crippen LogP contribution in [-0.2, 0) is 14.3 Å². The number of hydrogen-bond donors (Lipinski definition) is 2. The second-order valence-corrected chi connectivity index (χ2v) is 8.34. The highest BCUT2D eigenvalue weighted by Crippen LogP contribution is 2.25. The Kier molecular flexibility index (Phi) is 7.76. The number of nitrogens with one attached hydrogen (secondary N) is 2. The van der Waals surface area contributed by atoms with Gasteiger partial charge in [-0.2, -0.15) is 0 Å². The standard InChI is InChI=1S/C17H23ClN2O4S/c1-10(14(21)19-16(23)20-17(3,4)5)24-15(22)11(2)25-13-8-6-12(18)7-9-13/h6-11H,1-5H3,(H2,19,20,21,23)/t10-,11-/m1/s1. The van der Waals surface area contributed by atoms with Crippen molar-refractivity contribution >= 4 is 41.3 Å². The van der Waals surface area contributed by atoms with Gasteiger partial charge in [0.05, 0.1) is 0 Å². The van der Waals surface area contributed by atoms with E-state index in [1.54, 1.807) is 52.0 Å². The van der Waals surface area contributed by atoms with Crippen molar-refractivity contribution in [2.24, 2.45) is 0 Å². The molecule has 25 heavy (non-hydrogen) atoms. The molecule has 0 bridgehead atoms. The molecule has 0 fully saturated rings. The first-order valence-electron chi connectivity index (χ1n) is 7.73. The Labute approximate surface area is 157 Å². The third-order valence-corrected chi connectivity index (χ3v) is 4.19. The molecule has 1 aromatic rings. The number of carbonyl (C=O) groups excluding carboxylic acids is 3. The van der Waals surface area contributed by atoms with E-state index in [0.29, 0.717) is 5.02 Å². The SMILES string of the molecule is C[C@@H](OC(=O)[C@@H](C)Sc1ccc(Cl)cc1)C(=O)NC(=O)NC(C)(C)C. The highest BCUT2D eigenvalue weighted by molar-refractivity contribution is 8.00. The quantitative estimate of drug-likeness (QED) is 0.598. The van der Waals surface area contributed by atoms with Gasteiger partial charge in [-0.1, -0.05) is 11.6 Å². The predicted octanol–water partition coefficient (Wildman–Crippen LogP) is 3.38. The van der Waals surface area contributed by atoms with Gasteiger partial charge in [0.1, 0.15) is 5.25 Å². The molecule has 0 saturated carbocycles. The second-order valence-electron chi connectivity index (χ2n) is 6.49. The molecule has 0 saturated heterocycles. The second kappa shape index (κ2) is 9.10. The maximum Gasteiger partial charge on any atom is 0.321 e. The summed E-state index contributed by atoms with van der Waals surface area (Å²) in [6.45, 7) is 8.46. The molecule has 6 nitrogen and oxygen atoms in total. The van der Waals surface area contributed by atoms with Crippen LogP contribution in [0.4, 0.5) is 4.79 Å². The first-order valence-corrected chi connectivity index (χ1v) is 8.99. The molecule has 3 amide bonds. The van der Waals surface area contributed by atoms with E-state index in [9.17, 15) is 14.4 Å². The van der Waals surface area contributed by atoms with Crippen LogP contribution in [-0.4, -0.2) is 34.8 Å². The zero-order chi connectivity index (χ0) is 19.2. The van der Waals surface area contributed by atoms with E-state index in [1.807, 2.05) is 0 Å². The Balaban J connectivity index is 2.50. The van der Waals surface area contributed by atoms with Gasteiger partial charge in [-0.3, -0.25) is 14.9 Å². The number of esters is 1. The normalized spacial score (nSPS) is 13.5. The lowest BCUT2D eigenvalue weighted by atomic mass is 10.1. The molecule has 2 N–H and O–H groups in total. The Morgan fingerprint density at radius 1 is 1.12 bits per heavy atom. The number of imide groups is 1. The zero-order valence-electron chi connectivity index (χ0n) is 14.9. The van der Waals surface area contributed by atoms with Gasteiger partial charge in [0.2, 0.25) is 0 Å². The van der Waals surface area contributed by atoms with Crippen molar-refractivity contribution in [1.82, 2.24) is 10.6 Å².